The van der Waals surface area contributed by atoms with Crippen LogP contribution in [0.4, 0.5) is 0 Å². The summed E-state index contributed by atoms with van der Waals surface area (Å²) in [6.45, 7) is 11.1. The maximum absolute atomic E-state index is 8.94. The molecule has 0 saturated carbocycles. The highest BCUT2D eigenvalue weighted by atomic mass is 15.3. The third-order valence-electron chi connectivity index (χ3n) is 3.87. The molecule has 1 fully saturated rings. The van der Waals surface area contributed by atoms with Gasteiger partial charge in [-0.15, -0.1) is 0 Å². The molecule has 0 aromatic heterocycles. The first-order chi connectivity index (χ1) is 7.94. The molecule has 1 rings (SSSR count). The van der Waals surface area contributed by atoms with Crippen LogP contribution >= 0.6 is 0 Å². The monoisotopic (exact) mass is 237 g/mol. The van der Waals surface area contributed by atoms with Crippen molar-refractivity contribution in [3.05, 3.63) is 0 Å². The first-order valence-electron chi connectivity index (χ1n) is 6.78. The van der Waals surface area contributed by atoms with Gasteiger partial charge in [0.25, 0.3) is 0 Å². The standard InChI is InChI=1S/C14H27N3/c1-13-11-17(10-9-16(13)4)8-6-5-7-14(2,3)12-15/h13H,5-11H2,1-4H3. The summed E-state index contributed by atoms with van der Waals surface area (Å²) in [4.78, 5) is 4.99. The fraction of sp³-hybridized carbons (Fsp3) is 0.929. The molecule has 0 aliphatic carbocycles. The van der Waals surface area contributed by atoms with Crippen LogP contribution in [0, 0.1) is 16.7 Å². The Kier molecular flexibility index (Phi) is 5.42. The number of unbranched alkanes of at least 4 members (excludes halogenated alkanes) is 1. The quantitative estimate of drug-likeness (QED) is 0.688. The zero-order valence-electron chi connectivity index (χ0n) is 11.9. The number of piperazine rings is 1. The van der Waals surface area contributed by atoms with Crippen LogP contribution in [0.1, 0.15) is 40.0 Å². The molecule has 1 unspecified atom stereocenters. The van der Waals surface area contributed by atoms with Gasteiger partial charge in [0.15, 0.2) is 0 Å². The SMILES string of the molecule is CC1CN(CCCCC(C)(C)C#N)CCN1C. The van der Waals surface area contributed by atoms with Crippen molar-refractivity contribution in [2.24, 2.45) is 5.41 Å². The summed E-state index contributed by atoms with van der Waals surface area (Å²) in [5.41, 5.74) is -0.143. The Morgan fingerprint density at radius 3 is 2.59 bits per heavy atom. The number of nitrogens with zero attached hydrogens (tertiary/aromatic N) is 3. The van der Waals surface area contributed by atoms with Gasteiger partial charge in [-0.05, 0) is 47.2 Å². The second kappa shape index (κ2) is 6.37. The molecule has 3 nitrogen and oxygen atoms in total. The highest BCUT2D eigenvalue weighted by Crippen LogP contribution is 2.21. The number of nitriles is 1. The van der Waals surface area contributed by atoms with E-state index in [1.54, 1.807) is 0 Å². The Morgan fingerprint density at radius 1 is 1.29 bits per heavy atom. The van der Waals surface area contributed by atoms with Crippen LogP contribution in [-0.2, 0) is 0 Å². The minimum atomic E-state index is -0.143. The average molecular weight is 237 g/mol. The van der Waals surface area contributed by atoms with E-state index >= 15 is 0 Å². The average Bonchev–Trinajstić information content (AvgIpc) is 2.29. The molecule has 1 aliphatic rings. The van der Waals surface area contributed by atoms with Gasteiger partial charge < -0.3 is 9.80 Å². The van der Waals surface area contributed by atoms with Crippen LogP contribution in [0.2, 0.25) is 0 Å². The minimum absolute atomic E-state index is 0.143. The molecule has 0 radical (unpaired) electrons. The van der Waals surface area contributed by atoms with Gasteiger partial charge in [-0.2, -0.15) is 5.26 Å². The Hall–Kier alpha value is -0.590. The van der Waals surface area contributed by atoms with E-state index in [0.717, 1.165) is 6.42 Å². The lowest BCUT2D eigenvalue weighted by molar-refractivity contribution is 0.103. The van der Waals surface area contributed by atoms with Crippen LogP contribution in [0.3, 0.4) is 0 Å². The second-order valence-electron chi connectivity index (χ2n) is 6.08. The van der Waals surface area contributed by atoms with Crippen molar-refractivity contribution in [1.82, 2.24) is 9.80 Å². The maximum atomic E-state index is 8.94. The molecule has 0 N–H and O–H groups in total. The summed E-state index contributed by atoms with van der Waals surface area (Å²) < 4.78 is 0. The van der Waals surface area contributed by atoms with Crippen LogP contribution in [0.25, 0.3) is 0 Å². The lowest BCUT2D eigenvalue weighted by atomic mass is 9.89. The summed E-state index contributed by atoms with van der Waals surface area (Å²) in [6.07, 6.45) is 3.41. The molecule has 3 heteroatoms. The summed E-state index contributed by atoms with van der Waals surface area (Å²) in [5, 5.41) is 8.94. The molecule has 0 bridgehead atoms. The second-order valence-corrected chi connectivity index (χ2v) is 6.08. The number of hydrogen-bond acceptors (Lipinski definition) is 3. The molecule has 1 aliphatic heterocycles. The first-order valence-corrected chi connectivity index (χ1v) is 6.78. The Morgan fingerprint density at radius 2 is 2.00 bits per heavy atom. The van der Waals surface area contributed by atoms with Gasteiger partial charge in [-0.3, -0.25) is 0 Å². The van der Waals surface area contributed by atoms with Crippen LogP contribution in [0.5, 0.6) is 0 Å². The molecule has 0 spiro atoms. The third kappa shape index (κ3) is 5.06. The highest BCUT2D eigenvalue weighted by Gasteiger charge is 2.20. The Balaban J connectivity index is 2.14. The predicted molar refractivity (Wildman–Crippen MR) is 71.8 cm³/mol. The molecule has 1 atom stereocenters. The molecule has 0 amide bonds. The van der Waals surface area contributed by atoms with Gasteiger partial charge in [0.2, 0.25) is 0 Å². The fourth-order valence-electron chi connectivity index (χ4n) is 2.29. The van der Waals surface area contributed by atoms with E-state index in [9.17, 15) is 0 Å². The predicted octanol–water partition coefficient (Wildman–Crippen LogP) is 2.34. The van der Waals surface area contributed by atoms with Crippen molar-refractivity contribution >= 4 is 0 Å². The molecule has 1 saturated heterocycles. The normalized spacial score (nSPS) is 23.6. The Labute approximate surface area is 106 Å². The van der Waals surface area contributed by atoms with Gasteiger partial charge in [0.05, 0.1) is 11.5 Å². The number of likely N-dealkylation sites (N-methyl/N-ethyl adjacent to an activating group) is 1. The van der Waals surface area contributed by atoms with Gasteiger partial charge in [-0.1, -0.05) is 6.42 Å². The van der Waals surface area contributed by atoms with Crippen LogP contribution in [0.15, 0.2) is 0 Å². The summed E-state index contributed by atoms with van der Waals surface area (Å²) in [5.74, 6) is 0. The van der Waals surface area contributed by atoms with Crippen molar-refractivity contribution < 1.29 is 0 Å². The van der Waals surface area contributed by atoms with E-state index in [2.05, 4.69) is 29.8 Å². The Bertz CT molecular complexity index is 267. The fourth-order valence-corrected chi connectivity index (χ4v) is 2.29. The smallest absolute Gasteiger partial charge is 0.0683 e. The summed E-state index contributed by atoms with van der Waals surface area (Å²) >= 11 is 0. The van der Waals surface area contributed by atoms with E-state index < -0.39 is 0 Å². The zero-order valence-corrected chi connectivity index (χ0v) is 11.9. The van der Waals surface area contributed by atoms with E-state index in [1.807, 2.05) is 13.8 Å². The van der Waals surface area contributed by atoms with Gasteiger partial charge in [-0.25, -0.2) is 0 Å². The molecule has 1 heterocycles. The van der Waals surface area contributed by atoms with Crippen LogP contribution < -0.4 is 0 Å². The van der Waals surface area contributed by atoms with Gasteiger partial charge in [0.1, 0.15) is 0 Å². The van der Waals surface area contributed by atoms with E-state index in [1.165, 1.54) is 39.0 Å². The largest absolute Gasteiger partial charge is 0.301 e. The molecule has 17 heavy (non-hydrogen) atoms. The zero-order chi connectivity index (χ0) is 12.9. The van der Waals surface area contributed by atoms with Crippen molar-refractivity contribution in [3.8, 4) is 6.07 Å². The summed E-state index contributed by atoms with van der Waals surface area (Å²) in [6, 6.07) is 3.05. The highest BCUT2D eigenvalue weighted by molar-refractivity contribution is 4.91. The topological polar surface area (TPSA) is 30.3 Å². The molecule has 0 aromatic carbocycles. The minimum Gasteiger partial charge on any atom is -0.301 e. The van der Waals surface area contributed by atoms with E-state index in [-0.39, 0.29) is 5.41 Å². The third-order valence-corrected chi connectivity index (χ3v) is 3.87. The van der Waals surface area contributed by atoms with Crippen molar-refractivity contribution in [2.45, 2.75) is 46.1 Å². The summed E-state index contributed by atoms with van der Waals surface area (Å²) in [7, 11) is 2.21. The first kappa shape index (κ1) is 14.5. The molecular weight excluding hydrogens is 210 g/mol. The maximum Gasteiger partial charge on any atom is 0.0683 e. The molecule has 0 aromatic rings. The van der Waals surface area contributed by atoms with Crippen LogP contribution in [-0.4, -0.2) is 49.1 Å². The van der Waals surface area contributed by atoms with Gasteiger partial charge in [0, 0.05) is 25.7 Å². The number of hydrogen-bond donors (Lipinski definition) is 0. The van der Waals surface area contributed by atoms with Crippen molar-refractivity contribution in [3.63, 3.8) is 0 Å². The van der Waals surface area contributed by atoms with Gasteiger partial charge >= 0.3 is 0 Å². The van der Waals surface area contributed by atoms with E-state index in [0.29, 0.717) is 6.04 Å². The molecule has 98 valence electrons. The lowest BCUT2D eigenvalue weighted by Crippen LogP contribution is -2.50. The molecular formula is C14H27N3. The number of rotatable bonds is 5. The van der Waals surface area contributed by atoms with Crippen molar-refractivity contribution in [2.75, 3.05) is 33.2 Å². The lowest BCUT2D eigenvalue weighted by Gasteiger charge is -2.37. The van der Waals surface area contributed by atoms with E-state index in [4.69, 9.17) is 5.26 Å². The van der Waals surface area contributed by atoms with Crippen molar-refractivity contribution in [1.29, 1.82) is 5.26 Å².